The lowest BCUT2D eigenvalue weighted by Crippen LogP contribution is -2.36. The minimum Gasteiger partial charge on any atom is -0.375 e. The molecule has 0 amide bonds. The van der Waals surface area contributed by atoms with E-state index in [4.69, 9.17) is 14.7 Å². The van der Waals surface area contributed by atoms with E-state index in [0.29, 0.717) is 12.0 Å². The van der Waals surface area contributed by atoms with Crippen LogP contribution in [0.15, 0.2) is 42.7 Å². The summed E-state index contributed by atoms with van der Waals surface area (Å²) in [4.78, 5) is 15.0. The highest BCUT2D eigenvalue weighted by Crippen LogP contribution is 2.44. The van der Waals surface area contributed by atoms with Crippen LogP contribution in [0.25, 0.3) is 5.65 Å². The third kappa shape index (κ3) is 4.20. The first-order chi connectivity index (χ1) is 16.1. The van der Waals surface area contributed by atoms with Crippen molar-refractivity contribution in [2.45, 2.75) is 57.2 Å². The van der Waals surface area contributed by atoms with Crippen molar-refractivity contribution in [2.24, 2.45) is 5.92 Å². The van der Waals surface area contributed by atoms with Crippen LogP contribution in [-0.2, 0) is 4.74 Å². The molecule has 3 aromatic heterocycles. The first kappa shape index (κ1) is 22.5. The van der Waals surface area contributed by atoms with Gasteiger partial charge < -0.3 is 14.0 Å². The van der Waals surface area contributed by atoms with Crippen LogP contribution in [0.5, 0.6) is 0 Å². The maximum absolute atomic E-state index is 6.26. The molecule has 5 heterocycles. The molecule has 0 aromatic carbocycles. The zero-order chi connectivity index (χ0) is 22.9. The summed E-state index contributed by atoms with van der Waals surface area (Å²) in [6.45, 7) is 4.43. The van der Waals surface area contributed by atoms with Crippen LogP contribution in [-0.4, -0.2) is 58.5 Å². The molecule has 0 unspecified atom stereocenters. The number of aromatic nitrogens is 3. The number of methoxy groups -OCH3 is 1. The molecular formula is C27H37N5O. The number of hydrogen-bond donors (Lipinski definition) is 0. The topological polar surface area (TPSA) is 45.9 Å². The maximum atomic E-state index is 6.26. The van der Waals surface area contributed by atoms with Gasteiger partial charge in [0.05, 0.1) is 29.2 Å². The number of imidazole rings is 1. The molecule has 0 bridgehead atoms. The number of ether oxygens (including phenoxy) is 1. The largest absolute Gasteiger partial charge is 0.375 e. The van der Waals surface area contributed by atoms with Crippen LogP contribution in [0, 0.1) is 12.8 Å². The molecule has 0 N–H and O–H groups in total. The van der Waals surface area contributed by atoms with E-state index >= 15 is 0 Å². The van der Waals surface area contributed by atoms with Crippen molar-refractivity contribution in [1.82, 2.24) is 24.2 Å². The number of pyridine rings is 2. The Bertz CT molecular complexity index is 1090. The van der Waals surface area contributed by atoms with Gasteiger partial charge in [-0.2, -0.15) is 0 Å². The van der Waals surface area contributed by atoms with Crippen molar-refractivity contribution >= 4 is 5.65 Å². The molecule has 2 fully saturated rings. The highest BCUT2D eigenvalue weighted by atomic mass is 16.5. The zero-order valence-electron chi connectivity index (χ0n) is 20.4. The predicted octanol–water partition coefficient (Wildman–Crippen LogP) is 4.97. The van der Waals surface area contributed by atoms with Crippen molar-refractivity contribution in [1.29, 1.82) is 0 Å². The van der Waals surface area contributed by atoms with Gasteiger partial charge in [0.2, 0.25) is 0 Å². The Hall–Kier alpha value is -2.28. The predicted molar refractivity (Wildman–Crippen MR) is 131 cm³/mol. The van der Waals surface area contributed by atoms with E-state index in [-0.39, 0.29) is 12.1 Å². The minimum absolute atomic E-state index is 0.0523. The average Bonchev–Trinajstić information content (AvgIpc) is 3.21. The lowest BCUT2D eigenvalue weighted by molar-refractivity contribution is 0.0178. The molecule has 3 atom stereocenters. The average molecular weight is 448 g/mol. The number of piperidine rings is 2. The Balaban J connectivity index is 1.56. The lowest BCUT2D eigenvalue weighted by Gasteiger charge is -2.40. The van der Waals surface area contributed by atoms with Gasteiger partial charge in [0.25, 0.3) is 0 Å². The van der Waals surface area contributed by atoms with Gasteiger partial charge in [0, 0.05) is 19.5 Å². The Kier molecular flexibility index (Phi) is 6.50. The van der Waals surface area contributed by atoms with Crippen molar-refractivity contribution < 1.29 is 4.74 Å². The van der Waals surface area contributed by atoms with Crippen LogP contribution in [0.1, 0.15) is 72.9 Å². The fourth-order valence-corrected chi connectivity index (χ4v) is 6.05. The SMILES string of the molecule is CO[C@H](c1c([C@H]2CCC[C@@H](c3ncccc3C)N2C)nc2ccccn12)C1CCN(C)CC1. The molecule has 0 spiro atoms. The van der Waals surface area contributed by atoms with Crippen LogP contribution in [0.4, 0.5) is 0 Å². The molecule has 33 heavy (non-hydrogen) atoms. The number of fused-ring (bicyclic) bond motifs is 1. The quantitative estimate of drug-likeness (QED) is 0.553. The van der Waals surface area contributed by atoms with Gasteiger partial charge >= 0.3 is 0 Å². The van der Waals surface area contributed by atoms with E-state index in [1.165, 1.54) is 29.1 Å². The molecule has 2 saturated heterocycles. The highest BCUT2D eigenvalue weighted by Gasteiger charge is 2.38. The molecule has 0 saturated carbocycles. The summed E-state index contributed by atoms with van der Waals surface area (Å²) in [6.07, 6.45) is 9.87. The monoisotopic (exact) mass is 447 g/mol. The molecule has 0 radical (unpaired) electrons. The molecular weight excluding hydrogens is 410 g/mol. The normalized spacial score (nSPS) is 24.4. The van der Waals surface area contributed by atoms with Gasteiger partial charge in [-0.3, -0.25) is 9.88 Å². The van der Waals surface area contributed by atoms with E-state index < -0.39 is 0 Å². The molecule has 2 aliphatic heterocycles. The Morgan fingerprint density at radius 1 is 0.970 bits per heavy atom. The summed E-state index contributed by atoms with van der Waals surface area (Å²) < 4.78 is 8.55. The first-order valence-corrected chi connectivity index (χ1v) is 12.4. The van der Waals surface area contributed by atoms with Gasteiger partial charge in [0.1, 0.15) is 11.8 Å². The highest BCUT2D eigenvalue weighted by molar-refractivity contribution is 5.45. The standard InChI is InChI=1S/C27H37N5O/c1-19-9-8-15-28-24(19)21-10-7-11-22(31(21)3)25-26(32-16-6-5-12-23(32)29-25)27(33-4)20-13-17-30(2)18-14-20/h5-6,8-9,12,15-16,20-22,27H,7,10-11,13-14,17-18H2,1-4H3/t21-,22+,27-/m0/s1. The molecule has 176 valence electrons. The summed E-state index contributed by atoms with van der Waals surface area (Å²) >= 11 is 0. The second-order valence-electron chi connectivity index (χ2n) is 9.94. The molecule has 5 rings (SSSR count). The second-order valence-corrected chi connectivity index (χ2v) is 9.94. The number of nitrogens with zero attached hydrogens (tertiary/aromatic N) is 5. The molecule has 6 nitrogen and oxygen atoms in total. The van der Waals surface area contributed by atoms with Crippen LogP contribution in [0.3, 0.4) is 0 Å². The summed E-state index contributed by atoms with van der Waals surface area (Å²) in [7, 11) is 6.35. The van der Waals surface area contributed by atoms with Crippen molar-refractivity contribution in [2.75, 3.05) is 34.3 Å². The number of likely N-dealkylation sites (tertiary alicyclic amines) is 2. The summed E-state index contributed by atoms with van der Waals surface area (Å²) in [6, 6.07) is 11.1. The fourth-order valence-electron chi connectivity index (χ4n) is 6.05. The summed E-state index contributed by atoms with van der Waals surface area (Å²) in [5, 5.41) is 0. The van der Waals surface area contributed by atoms with E-state index in [0.717, 1.165) is 44.4 Å². The van der Waals surface area contributed by atoms with Gasteiger partial charge in [-0.15, -0.1) is 0 Å². The van der Waals surface area contributed by atoms with Crippen molar-refractivity contribution in [3.63, 3.8) is 0 Å². The molecule has 6 heteroatoms. The van der Waals surface area contributed by atoms with Crippen LogP contribution >= 0.6 is 0 Å². The number of aryl methyl sites for hydroxylation is 1. The van der Waals surface area contributed by atoms with Crippen molar-refractivity contribution in [3.05, 3.63) is 65.4 Å². The molecule has 0 aliphatic carbocycles. The van der Waals surface area contributed by atoms with Gasteiger partial charge in [-0.25, -0.2) is 4.98 Å². The smallest absolute Gasteiger partial charge is 0.137 e. The van der Waals surface area contributed by atoms with E-state index in [2.05, 4.69) is 65.7 Å². The van der Waals surface area contributed by atoms with Gasteiger partial charge in [-0.1, -0.05) is 12.1 Å². The number of hydrogen-bond acceptors (Lipinski definition) is 5. The van der Waals surface area contributed by atoms with Crippen LogP contribution < -0.4 is 0 Å². The van der Waals surface area contributed by atoms with Crippen molar-refractivity contribution in [3.8, 4) is 0 Å². The van der Waals surface area contributed by atoms with Gasteiger partial charge in [0.15, 0.2) is 0 Å². The Labute approximate surface area is 197 Å². The maximum Gasteiger partial charge on any atom is 0.137 e. The third-order valence-electron chi connectivity index (χ3n) is 7.93. The van der Waals surface area contributed by atoms with E-state index in [9.17, 15) is 0 Å². The van der Waals surface area contributed by atoms with E-state index in [1.807, 2.05) is 19.4 Å². The van der Waals surface area contributed by atoms with Gasteiger partial charge in [-0.05, 0) is 95.9 Å². The number of rotatable bonds is 5. The lowest BCUT2D eigenvalue weighted by atomic mass is 9.85. The third-order valence-corrected chi connectivity index (χ3v) is 7.93. The first-order valence-electron chi connectivity index (χ1n) is 12.4. The van der Waals surface area contributed by atoms with Crippen LogP contribution in [0.2, 0.25) is 0 Å². The Morgan fingerprint density at radius 2 is 1.73 bits per heavy atom. The van der Waals surface area contributed by atoms with E-state index in [1.54, 1.807) is 0 Å². The molecule has 3 aromatic rings. The molecule has 2 aliphatic rings. The fraction of sp³-hybridized carbons (Fsp3) is 0.556. The zero-order valence-corrected chi connectivity index (χ0v) is 20.4. The summed E-state index contributed by atoms with van der Waals surface area (Å²) in [5.74, 6) is 0.507. The Morgan fingerprint density at radius 3 is 2.45 bits per heavy atom. The summed E-state index contributed by atoms with van der Waals surface area (Å²) in [5.41, 5.74) is 5.92. The minimum atomic E-state index is 0.0523. The second kappa shape index (κ2) is 9.53.